The molecule has 0 aromatic heterocycles. The van der Waals surface area contributed by atoms with Gasteiger partial charge in [-0.25, -0.2) is 0 Å². The Labute approximate surface area is 76.3 Å². The molecule has 0 amide bonds. The molecule has 0 spiro atoms. The van der Waals surface area contributed by atoms with Crippen LogP contribution in [0.3, 0.4) is 0 Å². The standard InChI is InChI=1S/C10H22N2/c1-4-7-12-8-6-11-9-10(12,3)5-2/h11H,4-9H2,1-3H3. The van der Waals surface area contributed by atoms with Crippen molar-refractivity contribution in [2.45, 2.75) is 39.2 Å². The van der Waals surface area contributed by atoms with Crippen LogP contribution in [0.4, 0.5) is 0 Å². The van der Waals surface area contributed by atoms with E-state index in [0.29, 0.717) is 5.54 Å². The van der Waals surface area contributed by atoms with E-state index in [-0.39, 0.29) is 0 Å². The maximum absolute atomic E-state index is 3.47. The molecule has 72 valence electrons. The fourth-order valence-corrected chi connectivity index (χ4v) is 1.95. The summed E-state index contributed by atoms with van der Waals surface area (Å²) in [5.74, 6) is 0. The van der Waals surface area contributed by atoms with Gasteiger partial charge in [-0.3, -0.25) is 4.90 Å². The highest BCUT2D eigenvalue weighted by molar-refractivity contribution is 4.90. The summed E-state index contributed by atoms with van der Waals surface area (Å²) in [6.45, 7) is 11.7. The lowest BCUT2D eigenvalue weighted by Gasteiger charge is -2.44. The molecule has 1 heterocycles. The Bertz CT molecular complexity index is 134. The predicted molar refractivity (Wildman–Crippen MR) is 53.4 cm³/mol. The fourth-order valence-electron chi connectivity index (χ4n) is 1.95. The molecule has 1 N–H and O–H groups in total. The minimum Gasteiger partial charge on any atom is -0.314 e. The smallest absolute Gasteiger partial charge is 0.0303 e. The minimum atomic E-state index is 0.411. The highest BCUT2D eigenvalue weighted by Gasteiger charge is 2.31. The van der Waals surface area contributed by atoms with Crippen LogP contribution in [0.2, 0.25) is 0 Å². The zero-order valence-electron chi connectivity index (χ0n) is 8.69. The van der Waals surface area contributed by atoms with Crippen LogP contribution in [0.1, 0.15) is 33.6 Å². The number of hydrogen-bond donors (Lipinski definition) is 1. The summed E-state index contributed by atoms with van der Waals surface area (Å²) in [6, 6.07) is 0. The third-order valence-corrected chi connectivity index (χ3v) is 3.08. The predicted octanol–water partition coefficient (Wildman–Crippen LogP) is 1.47. The molecule has 0 aromatic rings. The van der Waals surface area contributed by atoms with Gasteiger partial charge in [-0.1, -0.05) is 13.8 Å². The second-order valence-corrected chi connectivity index (χ2v) is 4.01. The Kier molecular flexibility index (Phi) is 3.53. The maximum Gasteiger partial charge on any atom is 0.0303 e. The molecule has 12 heavy (non-hydrogen) atoms. The Hall–Kier alpha value is -0.0800. The molecule has 1 atom stereocenters. The van der Waals surface area contributed by atoms with Crippen molar-refractivity contribution in [3.63, 3.8) is 0 Å². The molecule has 1 unspecified atom stereocenters. The van der Waals surface area contributed by atoms with Crippen LogP contribution in [0, 0.1) is 0 Å². The van der Waals surface area contributed by atoms with Gasteiger partial charge in [0.2, 0.25) is 0 Å². The van der Waals surface area contributed by atoms with Gasteiger partial charge < -0.3 is 5.32 Å². The van der Waals surface area contributed by atoms with Crippen LogP contribution in [-0.2, 0) is 0 Å². The van der Waals surface area contributed by atoms with Crippen molar-refractivity contribution in [1.29, 1.82) is 0 Å². The monoisotopic (exact) mass is 170 g/mol. The topological polar surface area (TPSA) is 15.3 Å². The van der Waals surface area contributed by atoms with E-state index < -0.39 is 0 Å². The average molecular weight is 170 g/mol. The third kappa shape index (κ3) is 1.99. The highest BCUT2D eigenvalue weighted by Crippen LogP contribution is 2.20. The van der Waals surface area contributed by atoms with Gasteiger partial charge in [-0.15, -0.1) is 0 Å². The average Bonchev–Trinajstić information content (AvgIpc) is 2.10. The first-order valence-electron chi connectivity index (χ1n) is 5.18. The molecular weight excluding hydrogens is 148 g/mol. The first-order chi connectivity index (χ1) is 5.73. The van der Waals surface area contributed by atoms with Crippen molar-refractivity contribution in [3.05, 3.63) is 0 Å². The Morgan fingerprint density at radius 1 is 1.42 bits per heavy atom. The lowest BCUT2D eigenvalue weighted by Crippen LogP contribution is -2.59. The van der Waals surface area contributed by atoms with Crippen molar-refractivity contribution in [1.82, 2.24) is 10.2 Å². The summed E-state index contributed by atoms with van der Waals surface area (Å²) in [5, 5.41) is 3.47. The van der Waals surface area contributed by atoms with Crippen molar-refractivity contribution in [2.75, 3.05) is 26.2 Å². The molecule has 0 bridgehead atoms. The summed E-state index contributed by atoms with van der Waals surface area (Å²) in [6.07, 6.45) is 2.52. The third-order valence-electron chi connectivity index (χ3n) is 3.08. The van der Waals surface area contributed by atoms with Crippen LogP contribution in [0.5, 0.6) is 0 Å². The van der Waals surface area contributed by atoms with Crippen LogP contribution >= 0.6 is 0 Å². The lowest BCUT2D eigenvalue weighted by atomic mass is 9.94. The van der Waals surface area contributed by atoms with Gasteiger partial charge in [-0.2, -0.15) is 0 Å². The molecule has 2 nitrogen and oxygen atoms in total. The first-order valence-corrected chi connectivity index (χ1v) is 5.18. The summed E-state index contributed by atoms with van der Waals surface area (Å²) >= 11 is 0. The van der Waals surface area contributed by atoms with E-state index in [2.05, 4.69) is 31.0 Å². The molecule has 0 radical (unpaired) electrons. The van der Waals surface area contributed by atoms with Crippen LogP contribution in [-0.4, -0.2) is 36.6 Å². The summed E-state index contributed by atoms with van der Waals surface area (Å²) in [5.41, 5.74) is 0.411. The molecule has 2 heteroatoms. The van der Waals surface area contributed by atoms with Gasteiger partial charge in [-0.05, 0) is 26.3 Å². The van der Waals surface area contributed by atoms with Gasteiger partial charge >= 0.3 is 0 Å². The molecule has 1 fully saturated rings. The molecule has 0 aromatic carbocycles. The Morgan fingerprint density at radius 3 is 2.75 bits per heavy atom. The first kappa shape index (κ1) is 10.0. The van der Waals surface area contributed by atoms with Crippen molar-refractivity contribution < 1.29 is 0 Å². The summed E-state index contributed by atoms with van der Waals surface area (Å²) in [7, 11) is 0. The van der Waals surface area contributed by atoms with Gasteiger partial charge in [0.05, 0.1) is 0 Å². The Morgan fingerprint density at radius 2 is 2.17 bits per heavy atom. The molecule has 1 saturated heterocycles. The largest absolute Gasteiger partial charge is 0.314 e. The van der Waals surface area contributed by atoms with E-state index >= 15 is 0 Å². The second kappa shape index (κ2) is 4.24. The molecule has 0 saturated carbocycles. The van der Waals surface area contributed by atoms with Gasteiger partial charge in [0, 0.05) is 25.2 Å². The SMILES string of the molecule is CCCN1CCNCC1(C)CC. The van der Waals surface area contributed by atoms with Crippen LogP contribution in [0.15, 0.2) is 0 Å². The zero-order chi connectivity index (χ0) is 9.03. The molecule has 1 rings (SSSR count). The quantitative estimate of drug-likeness (QED) is 0.690. The van der Waals surface area contributed by atoms with Gasteiger partial charge in [0.1, 0.15) is 0 Å². The lowest BCUT2D eigenvalue weighted by molar-refractivity contribution is 0.0716. The summed E-state index contributed by atoms with van der Waals surface area (Å²) in [4.78, 5) is 2.63. The minimum absolute atomic E-state index is 0.411. The zero-order valence-corrected chi connectivity index (χ0v) is 8.69. The van der Waals surface area contributed by atoms with E-state index in [4.69, 9.17) is 0 Å². The van der Waals surface area contributed by atoms with Crippen molar-refractivity contribution >= 4 is 0 Å². The van der Waals surface area contributed by atoms with Crippen LogP contribution in [0.25, 0.3) is 0 Å². The van der Waals surface area contributed by atoms with E-state index in [1.54, 1.807) is 0 Å². The van der Waals surface area contributed by atoms with E-state index in [9.17, 15) is 0 Å². The van der Waals surface area contributed by atoms with Crippen molar-refractivity contribution in [3.8, 4) is 0 Å². The van der Waals surface area contributed by atoms with Crippen molar-refractivity contribution in [2.24, 2.45) is 0 Å². The van der Waals surface area contributed by atoms with Gasteiger partial charge in [0.25, 0.3) is 0 Å². The molecule has 0 aliphatic carbocycles. The number of rotatable bonds is 3. The summed E-state index contributed by atoms with van der Waals surface area (Å²) < 4.78 is 0. The number of nitrogens with one attached hydrogen (secondary N) is 1. The molecular formula is C10H22N2. The second-order valence-electron chi connectivity index (χ2n) is 4.01. The normalized spacial score (nSPS) is 32.2. The molecule has 1 aliphatic rings. The Balaban J connectivity index is 2.53. The fraction of sp³-hybridized carbons (Fsp3) is 1.00. The van der Waals surface area contributed by atoms with E-state index in [1.807, 2.05) is 0 Å². The van der Waals surface area contributed by atoms with Crippen LogP contribution < -0.4 is 5.32 Å². The number of piperazine rings is 1. The van der Waals surface area contributed by atoms with E-state index in [1.165, 1.54) is 25.9 Å². The van der Waals surface area contributed by atoms with Gasteiger partial charge in [0.15, 0.2) is 0 Å². The maximum atomic E-state index is 3.47. The number of hydrogen-bond acceptors (Lipinski definition) is 2. The molecule has 1 aliphatic heterocycles. The number of nitrogens with zero attached hydrogens (tertiary/aromatic N) is 1. The van der Waals surface area contributed by atoms with E-state index in [0.717, 1.165) is 13.1 Å². The highest BCUT2D eigenvalue weighted by atomic mass is 15.2.